The molecule has 0 aromatic heterocycles. The Hall–Kier alpha value is -3.43. The fraction of sp³-hybridized carbons (Fsp3) is 0.571. The summed E-state index contributed by atoms with van der Waals surface area (Å²) in [6.45, 7) is 14.0. The van der Waals surface area contributed by atoms with Crippen LogP contribution in [0.5, 0.6) is 0 Å². The summed E-state index contributed by atoms with van der Waals surface area (Å²) in [6.07, 6.45) is 0.989. The molecule has 3 N–H and O–H groups in total. The average Bonchev–Trinajstić information content (AvgIpc) is 3.53. The Labute approximate surface area is 261 Å². The minimum absolute atomic E-state index is 0.0692. The number of hydrogen-bond donors (Lipinski definition) is 3. The number of hydrogen-bond acceptors (Lipinski definition) is 6. The number of benzene rings is 2. The van der Waals surface area contributed by atoms with E-state index in [2.05, 4.69) is 29.4 Å². The number of likely N-dealkylation sites (tertiary alicyclic amines) is 1. The van der Waals surface area contributed by atoms with Crippen molar-refractivity contribution >= 4 is 29.1 Å². The van der Waals surface area contributed by atoms with Gasteiger partial charge in [-0.2, -0.15) is 0 Å². The van der Waals surface area contributed by atoms with Crippen molar-refractivity contribution in [3.8, 4) is 0 Å². The number of aliphatic hydroxyl groups excluding tert-OH is 1. The fourth-order valence-corrected chi connectivity index (χ4v) is 8.04. The maximum atomic E-state index is 14.5. The summed E-state index contributed by atoms with van der Waals surface area (Å²) in [5.41, 5.74) is 0.537. The minimum Gasteiger partial charge on any atom is -0.394 e. The molecule has 3 amide bonds. The number of carbonyl (C=O) groups is 3. The van der Waals surface area contributed by atoms with Crippen molar-refractivity contribution in [3.63, 3.8) is 0 Å². The van der Waals surface area contributed by atoms with E-state index in [4.69, 9.17) is 4.74 Å². The molecule has 3 aliphatic heterocycles. The Morgan fingerprint density at radius 2 is 1.73 bits per heavy atom. The number of carbonyl (C=O) groups excluding carboxylic acids is 3. The Bertz CT molecular complexity index is 1350. The molecule has 3 fully saturated rings. The molecular formula is C35H48N4O5. The number of nitrogens with one attached hydrogen (secondary N) is 2. The van der Waals surface area contributed by atoms with Crippen molar-refractivity contribution in [2.45, 2.75) is 84.2 Å². The third kappa shape index (κ3) is 5.38. The molecule has 1 spiro atoms. The number of rotatable bonds is 12. The fourth-order valence-electron chi connectivity index (χ4n) is 8.04. The normalized spacial score (nSPS) is 29.5. The van der Waals surface area contributed by atoms with Crippen molar-refractivity contribution < 1.29 is 24.2 Å². The molecule has 0 aliphatic carbocycles. The van der Waals surface area contributed by atoms with Gasteiger partial charge in [-0.3, -0.25) is 14.4 Å². The van der Waals surface area contributed by atoms with Gasteiger partial charge in [0, 0.05) is 31.0 Å². The second-order valence-corrected chi connectivity index (χ2v) is 13.3. The van der Waals surface area contributed by atoms with Crippen LogP contribution in [-0.4, -0.2) is 70.7 Å². The number of fused-ring (bicyclic) bond motifs is 1. The average molecular weight is 605 g/mol. The lowest BCUT2D eigenvalue weighted by Crippen LogP contribution is -2.56. The zero-order valence-electron chi connectivity index (χ0n) is 26.9. The summed E-state index contributed by atoms with van der Waals surface area (Å²) in [7, 11) is 0. The second kappa shape index (κ2) is 12.5. The Balaban J connectivity index is 1.49. The van der Waals surface area contributed by atoms with Crippen LogP contribution in [0.1, 0.15) is 59.9 Å². The van der Waals surface area contributed by atoms with Gasteiger partial charge in [-0.05, 0) is 75.3 Å². The summed E-state index contributed by atoms with van der Waals surface area (Å²) in [5, 5.41) is 16.7. The van der Waals surface area contributed by atoms with Gasteiger partial charge in [-0.1, -0.05) is 51.1 Å². The van der Waals surface area contributed by atoms with Crippen LogP contribution < -0.4 is 15.5 Å². The van der Waals surface area contributed by atoms with Crippen LogP contribution in [0.3, 0.4) is 0 Å². The molecule has 2 aromatic rings. The molecule has 7 atom stereocenters. The van der Waals surface area contributed by atoms with Gasteiger partial charge in [0.15, 0.2) is 0 Å². The van der Waals surface area contributed by atoms with Gasteiger partial charge in [-0.25, -0.2) is 0 Å². The van der Waals surface area contributed by atoms with Crippen molar-refractivity contribution in [2.75, 3.05) is 29.9 Å². The van der Waals surface area contributed by atoms with E-state index >= 15 is 0 Å². The zero-order valence-corrected chi connectivity index (χ0v) is 26.9. The number of amides is 3. The molecule has 238 valence electrons. The first-order chi connectivity index (χ1) is 21.0. The van der Waals surface area contributed by atoms with Crippen LogP contribution in [-0.2, 0) is 25.7 Å². The predicted molar refractivity (Wildman–Crippen MR) is 171 cm³/mol. The van der Waals surface area contributed by atoms with E-state index in [-0.39, 0.29) is 36.2 Å². The van der Waals surface area contributed by atoms with E-state index in [1.807, 2.05) is 82.3 Å². The lowest BCUT2D eigenvalue weighted by Gasteiger charge is -2.37. The SMILES string of the molecule is CCN(CC)c1ccc(NC(=O)C2N([C@@H](CO)CC(C)C)C(=O)[C@@H]3[C@H](C(=O)NCc4ccccc4)[C@@]4(C)OC23CC4C)cc1. The Morgan fingerprint density at radius 1 is 1.07 bits per heavy atom. The summed E-state index contributed by atoms with van der Waals surface area (Å²) >= 11 is 0. The van der Waals surface area contributed by atoms with Crippen molar-refractivity contribution in [2.24, 2.45) is 23.7 Å². The number of anilines is 2. The van der Waals surface area contributed by atoms with Crippen LogP contribution in [0, 0.1) is 23.7 Å². The lowest BCUT2D eigenvalue weighted by atomic mass is 9.62. The van der Waals surface area contributed by atoms with Gasteiger partial charge in [-0.15, -0.1) is 0 Å². The highest BCUT2D eigenvalue weighted by atomic mass is 16.5. The van der Waals surface area contributed by atoms with E-state index in [0.29, 0.717) is 25.1 Å². The van der Waals surface area contributed by atoms with E-state index in [1.165, 1.54) is 0 Å². The highest BCUT2D eigenvalue weighted by Gasteiger charge is 2.80. The third-order valence-electron chi connectivity index (χ3n) is 10.2. The van der Waals surface area contributed by atoms with Gasteiger partial charge in [0.05, 0.1) is 30.1 Å². The molecular weight excluding hydrogens is 556 g/mol. The van der Waals surface area contributed by atoms with Crippen LogP contribution in [0.2, 0.25) is 0 Å². The Kier molecular flexibility index (Phi) is 9.10. The third-order valence-corrected chi connectivity index (χ3v) is 10.2. The first-order valence-electron chi connectivity index (χ1n) is 16.1. The van der Waals surface area contributed by atoms with E-state index < -0.39 is 35.1 Å². The molecule has 3 aliphatic rings. The summed E-state index contributed by atoms with van der Waals surface area (Å²) < 4.78 is 6.85. The topological polar surface area (TPSA) is 111 Å². The van der Waals surface area contributed by atoms with E-state index in [0.717, 1.165) is 24.3 Å². The van der Waals surface area contributed by atoms with Crippen LogP contribution in [0.15, 0.2) is 54.6 Å². The minimum atomic E-state index is -1.18. The molecule has 5 rings (SSSR count). The van der Waals surface area contributed by atoms with Gasteiger partial charge in [0.25, 0.3) is 0 Å². The molecule has 3 heterocycles. The van der Waals surface area contributed by atoms with Crippen molar-refractivity contribution in [3.05, 3.63) is 60.2 Å². The maximum Gasteiger partial charge on any atom is 0.250 e. The van der Waals surface area contributed by atoms with Crippen molar-refractivity contribution in [1.82, 2.24) is 10.2 Å². The zero-order chi connectivity index (χ0) is 31.8. The Morgan fingerprint density at radius 3 is 2.32 bits per heavy atom. The van der Waals surface area contributed by atoms with Crippen LogP contribution in [0.4, 0.5) is 11.4 Å². The molecule has 2 aromatic carbocycles. The number of ether oxygens (including phenoxy) is 1. The van der Waals surface area contributed by atoms with Crippen LogP contribution in [0.25, 0.3) is 0 Å². The first kappa shape index (κ1) is 32.0. The van der Waals surface area contributed by atoms with Gasteiger partial charge >= 0.3 is 0 Å². The van der Waals surface area contributed by atoms with Gasteiger partial charge in [0.2, 0.25) is 17.7 Å². The standard InChI is InChI=1S/C35H48N4O5/c1-7-38(8-2)26-16-14-25(15-17-26)37-32(42)30-35-19-23(5)34(6,44-35)28(31(41)36-20-24-12-10-9-11-13-24)29(35)33(43)39(30)27(21-40)18-22(3)4/h9-17,22-23,27-30,40H,7-8,18-21H2,1-6H3,(H,36,41)(H,37,42)/t23?,27-,28-,29+,30?,34+,35?/m1/s1. The predicted octanol–water partition coefficient (Wildman–Crippen LogP) is 4.21. The second-order valence-electron chi connectivity index (χ2n) is 13.3. The van der Waals surface area contributed by atoms with Crippen molar-refractivity contribution in [1.29, 1.82) is 0 Å². The number of aliphatic hydroxyl groups is 1. The molecule has 0 radical (unpaired) electrons. The molecule has 3 saturated heterocycles. The summed E-state index contributed by atoms with van der Waals surface area (Å²) in [4.78, 5) is 46.6. The maximum absolute atomic E-state index is 14.5. The summed E-state index contributed by atoms with van der Waals surface area (Å²) in [5.74, 6) is -2.40. The van der Waals surface area contributed by atoms with E-state index in [9.17, 15) is 19.5 Å². The molecule has 9 nitrogen and oxygen atoms in total. The van der Waals surface area contributed by atoms with Gasteiger partial charge in [0.1, 0.15) is 11.6 Å². The summed E-state index contributed by atoms with van der Waals surface area (Å²) in [6, 6.07) is 15.8. The molecule has 9 heteroatoms. The smallest absolute Gasteiger partial charge is 0.250 e. The highest BCUT2D eigenvalue weighted by molar-refractivity contribution is 6.04. The largest absolute Gasteiger partial charge is 0.394 e. The molecule has 44 heavy (non-hydrogen) atoms. The first-order valence-corrected chi connectivity index (χ1v) is 16.1. The monoisotopic (exact) mass is 604 g/mol. The quantitative estimate of drug-likeness (QED) is 0.335. The lowest BCUT2D eigenvalue weighted by molar-refractivity contribution is -0.149. The van der Waals surface area contributed by atoms with Gasteiger partial charge < -0.3 is 30.3 Å². The molecule has 0 saturated carbocycles. The van der Waals surface area contributed by atoms with Crippen LogP contribution >= 0.6 is 0 Å². The molecule has 2 bridgehead atoms. The highest BCUT2D eigenvalue weighted by Crippen LogP contribution is 2.65. The van der Waals surface area contributed by atoms with E-state index in [1.54, 1.807) is 4.90 Å². The molecule has 3 unspecified atom stereocenters. The number of nitrogens with zero attached hydrogens (tertiary/aromatic N) is 2.